The lowest BCUT2D eigenvalue weighted by atomic mass is 10.1. The highest BCUT2D eigenvalue weighted by Gasteiger charge is 2.15. The number of aliphatic hydroxyl groups excluding tert-OH is 1. The molecule has 1 rings (SSSR count). The fraction of sp³-hybridized carbons (Fsp3) is 0.579. The maximum absolute atomic E-state index is 12.5. The average molecular weight is 367 g/mol. The lowest BCUT2D eigenvalue weighted by Gasteiger charge is -2.22. The van der Waals surface area contributed by atoms with Gasteiger partial charge in [0.2, 0.25) is 5.91 Å². The molecule has 0 saturated carbocycles. The van der Waals surface area contributed by atoms with Crippen LogP contribution in [0.2, 0.25) is 0 Å². The SMILES string of the molecule is CCOC(=O)CCN(CCCO)C(=O)CCc1ccc(OC)c(OC)c1. The highest BCUT2D eigenvalue weighted by molar-refractivity contribution is 5.77. The van der Waals surface area contributed by atoms with Gasteiger partial charge in [-0.25, -0.2) is 0 Å². The van der Waals surface area contributed by atoms with Gasteiger partial charge in [0.25, 0.3) is 0 Å². The molecule has 146 valence electrons. The number of aryl methyl sites for hydroxylation is 1. The fourth-order valence-electron chi connectivity index (χ4n) is 2.53. The molecular formula is C19H29NO6. The van der Waals surface area contributed by atoms with Gasteiger partial charge in [-0.15, -0.1) is 0 Å². The Labute approximate surface area is 154 Å². The second-order valence-electron chi connectivity index (χ2n) is 5.70. The van der Waals surface area contributed by atoms with Gasteiger partial charge in [-0.1, -0.05) is 6.07 Å². The number of hydrogen-bond donors (Lipinski definition) is 1. The monoisotopic (exact) mass is 367 g/mol. The van der Waals surface area contributed by atoms with Crippen LogP contribution in [0.5, 0.6) is 11.5 Å². The van der Waals surface area contributed by atoms with Crippen LogP contribution in [-0.4, -0.2) is 62.4 Å². The van der Waals surface area contributed by atoms with Crippen LogP contribution >= 0.6 is 0 Å². The van der Waals surface area contributed by atoms with Crippen molar-refractivity contribution >= 4 is 11.9 Å². The first-order chi connectivity index (χ1) is 12.5. The van der Waals surface area contributed by atoms with E-state index in [-0.39, 0.29) is 24.9 Å². The van der Waals surface area contributed by atoms with Crippen molar-refractivity contribution in [1.82, 2.24) is 4.90 Å². The van der Waals surface area contributed by atoms with Gasteiger partial charge in [-0.2, -0.15) is 0 Å². The predicted octanol–water partition coefficient (Wildman–Crippen LogP) is 1.80. The number of rotatable bonds is 12. The van der Waals surface area contributed by atoms with Crippen molar-refractivity contribution in [2.75, 3.05) is 40.5 Å². The number of amides is 1. The minimum absolute atomic E-state index is 0.00113. The molecule has 0 spiro atoms. The number of esters is 1. The topological polar surface area (TPSA) is 85.3 Å². The zero-order valence-corrected chi connectivity index (χ0v) is 15.8. The van der Waals surface area contributed by atoms with Gasteiger partial charge in [0.15, 0.2) is 11.5 Å². The summed E-state index contributed by atoms with van der Waals surface area (Å²) in [5.74, 6) is 0.880. The zero-order chi connectivity index (χ0) is 19.4. The van der Waals surface area contributed by atoms with E-state index in [1.165, 1.54) is 0 Å². The summed E-state index contributed by atoms with van der Waals surface area (Å²) in [6.07, 6.45) is 1.49. The van der Waals surface area contributed by atoms with Crippen LogP contribution in [0.15, 0.2) is 18.2 Å². The number of hydrogen-bond acceptors (Lipinski definition) is 6. The summed E-state index contributed by atoms with van der Waals surface area (Å²) in [5, 5.41) is 9.02. The fourth-order valence-corrected chi connectivity index (χ4v) is 2.53. The smallest absolute Gasteiger partial charge is 0.307 e. The predicted molar refractivity (Wildman–Crippen MR) is 97.4 cm³/mol. The van der Waals surface area contributed by atoms with Crippen molar-refractivity contribution in [2.24, 2.45) is 0 Å². The molecular weight excluding hydrogens is 338 g/mol. The number of carbonyl (C=O) groups is 2. The van der Waals surface area contributed by atoms with E-state index in [1.807, 2.05) is 18.2 Å². The number of ether oxygens (including phenoxy) is 3. The van der Waals surface area contributed by atoms with Gasteiger partial charge in [0.1, 0.15) is 0 Å². The van der Waals surface area contributed by atoms with Crippen molar-refractivity contribution in [3.05, 3.63) is 23.8 Å². The molecule has 0 bridgehead atoms. The van der Waals surface area contributed by atoms with E-state index in [9.17, 15) is 9.59 Å². The van der Waals surface area contributed by atoms with E-state index in [1.54, 1.807) is 26.0 Å². The molecule has 0 aromatic heterocycles. The van der Waals surface area contributed by atoms with Crippen LogP contribution in [0.1, 0.15) is 31.7 Å². The molecule has 0 saturated heterocycles. The third-order valence-electron chi connectivity index (χ3n) is 3.91. The largest absolute Gasteiger partial charge is 0.493 e. The van der Waals surface area contributed by atoms with E-state index in [4.69, 9.17) is 19.3 Å². The van der Waals surface area contributed by atoms with Gasteiger partial charge >= 0.3 is 5.97 Å². The number of aliphatic hydroxyl groups is 1. The summed E-state index contributed by atoms with van der Waals surface area (Å²) in [6.45, 7) is 2.78. The van der Waals surface area contributed by atoms with Crippen LogP contribution in [0.3, 0.4) is 0 Å². The molecule has 0 fully saturated rings. The van der Waals surface area contributed by atoms with Crippen LogP contribution in [-0.2, 0) is 20.7 Å². The summed E-state index contributed by atoms with van der Waals surface area (Å²) >= 11 is 0. The summed E-state index contributed by atoms with van der Waals surface area (Å²) in [7, 11) is 3.14. The number of benzene rings is 1. The van der Waals surface area contributed by atoms with E-state index >= 15 is 0 Å². The minimum atomic E-state index is -0.325. The number of carbonyl (C=O) groups excluding carboxylic acids is 2. The van der Waals surface area contributed by atoms with E-state index in [0.29, 0.717) is 50.5 Å². The normalized spacial score (nSPS) is 10.3. The molecule has 0 atom stereocenters. The third kappa shape index (κ3) is 7.31. The molecule has 26 heavy (non-hydrogen) atoms. The highest BCUT2D eigenvalue weighted by atomic mass is 16.5. The number of nitrogens with zero attached hydrogens (tertiary/aromatic N) is 1. The third-order valence-corrected chi connectivity index (χ3v) is 3.91. The lowest BCUT2D eigenvalue weighted by molar-refractivity contribution is -0.144. The molecule has 7 nitrogen and oxygen atoms in total. The van der Waals surface area contributed by atoms with Crippen LogP contribution in [0.4, 0.5) is 0 Å². The lowest BCUT2D eigenvalue weighted by Crippen LogP contribution is -2.34. The second-order valence-corrected chi connectivity index (χ2v) is 5.70. The molecule has 0 unspecified atom stereocenters. The van der Waals surface area contributed by atoms with Crippen molar-refractivity contribution in [3.8, 4) is 11.5 Å². The molecule has 0 radical (unpaired) electrons. The first-order valence-corrected chi connectivity index (χ1v) is 8.80. The van der Waals surface area contributed by atoms with Gasteiger partial charge < -0.3 is 24.2 Å². The molecule has 0 aliphatic carbocycles. The Hall–Kier alpha value is -2.28. The van der Waals surface area contributed by atoms with E-state index < -0.39 is 0 Å². The molecule has 1 N–H and O–H groups in total. The highest BCUT2D eigenvalue weighted by Crippen LogP contribution is 2.28. The molecule has 0 aliphatic heterocycles. The first-order valence-electron chi connectivity index (χ1n) is 8.80. The zero-order valence-electron chi connectivity index (χ0n) is 15.8. The van der Waals surface area contributed by atoms with Crippen molar-refractivity contribution in [3.63, 3.8) is 0 Å². The second kappa shape index (κ2) is 12.1. The molecule has 7 heteroatoms. The summed E-state index contributed by atoms with van der Waals surface area (Å²) < 4.78 is 15.4. The molecule has 0 heterocycles. The van der Waals surface area contributed by atoms with Crippen LogP contribution in [0, 0.1) is 0 Å². The molecule has 0 aliphatic rings. The van der Waals surface area contributed by atoms with Crippen molar-refractivity contribution < 1.29 is 28.9 Å². The number of methoxy groups -OCH3 is 2. The van der Waals surface area contributed by atoms with Crippen molar-refractivity contribution in [1.29, 1.82) is 0 Å². The van der Waals surface area contributed by atoms with Crippen molar-refractivity contribution in [2.45, 2.75) is 32.6 Å². The molecule has 1 aromatic carbocycles. The Balaban J connectivity index is 2.63. The van der Waals surface area contributed by atoms with Gasteiger partial charge in [-0.3, -0.25) is 9.59 Å². The Kier molecular flexibility index (Phi) is 10.2. The first kappa shape index (κ1) is 21.8. The quantitative estimate of drug-likeness (QED) is 0.567. The average Bonchev–Trinajstić information content (AvgIpc) is 2.66. The Morgan fingerprint density at radius 2 is 1.81 bits per heavy atom. The van der Waals surface area contributed by atoms with Gasteiger partial charge in [-0.05, 0) is 37.5 Å². The van der Waals surface area contributed by atoms with Gasteiger partial charge in [0.05, 0.1) is 27.2 Å². The molecule has 1 amide bonds. The maximum Gasteiger partial charge on any atom is 0.307 e. The molecule has 1 aromatic rings. The summed E-state index contributed by atoms with van der Waals surface area (Å²) in [5.41, 5.74) is 0.962. The van der Waals surface area contributed by atoms with E-state index in [2.05, 4.69) is 0 Å². The summed E-state index contributed by atoms with van der Waals surface area (Å²) in [6, 6.07) is 5.55. The van der Waals surface area contributed by atoms with E-state index in [0.717, 1.165) is 5.56 Å². The Bertz CT molecular complexity index is 575. The standard InChI is InChI=1S/C19H29NO6/c1-4-26-19(23)10-12-20(11-5-13-21)18(22)9-7-15-6-8-16(24-2)17(14-15)25-3/h6,8,14,21H,4-5,7,9-13H2,1-3H3. The van der Waals surface area contributed by atoms with Gasteiger partial charge in [0, 0.05) is 26.1 Å². The maximum atomic E-state index is 12.5. The Morgan fingerprint density at radius 1 is 1.08 bits per heavy atom. The van der Waals surface area contributed by atoms with Crippen LogP contribution < -0.4 is 9.47 Å². The van der Waals surface area contributed by atoms with Crippen LogP contribution in [0.25, 0.3) is 0 Å². The minimum Gasteiger partial charge on any atom is -0.493 e. The summed E-state index contributed by atoms with van der Waals surface area (Å²) in [4.78, 5) is 25.6. The Morgan fingerprint density at radius 3 is 2.42 bits per heavy atom.